The Morgan fingerprint density at radius 3 is 2.50 bits per heavy atom. The number of nitriles is 1. The molecule has 2 N–H and O–H groups in total. The largest absolute Gasteiger partial charge is 0.488 e. The van der Waals surface area contributed by atoms with Gasteiger partial charge in [-0.15, -0.1) is 0 Å². The second-order valence-corrected chi connectivity index (χ2v) is 3.16. The minimum Gasteiger partial charge on any atom is -0.423 e. The summed E-state index contributed by atoms with van der Waals surface area (Å²) in [5.41, 5.74) is 2.57. The molecule has 0 bridgehead atoms. The third-order valence-corrected chi connectivity index (χ3v) is 2.30. The van der Waals surface area contributed by atoms with E-state index in [1.165, 1.54) is 0 Å². The fraction of sp³-hybridized carbons (Fsp3) is 0.300. The Labute approximate surface area is 83.8 Å². The van der Waals surface area contributed by atoms with Gasteiger partial charge in [-0.3, -0.25) is 0 Å². The summed E-state index contributed by atoms with van der Waals surface area (Å²) in [7, 11) is -1.50. The van der Waals surface area contributed by atoms with E-state index in [1.54, 1.807) is 12.1 Å². The van der Waals surface area contributed by atoms with E-state index < -0.39 is 7.12 Å². The van der Waals surface area contributed by atoms with Crippen LogP contribution in [0, 0.1) is 18.3 Å². The summed E-state index contributed by atoms with van der Waals surface area (Å²) in [4.78, 5) is 0. The molecule has 14 heavy (non-hydrogen) atoms. The Kier molecular flexibility index (Phi) is 3.29. The van der Waals surface area contributed by atoms with Crippen molar-refractivity contribution in [2.24, 2.45) is 0 Å². The van der Waals surface area contributed by atoms with Gasteiger partial charge in [0.15, 0.2) is 0 Å². The van der Waals surface area contributed by atoms with Gasteiger partial charge in [-0.1, -0.05) is 19.1 Å². The van der Waals surface area contributed by atoms with Gasteiger partial charge in [0, 0.05) is 0 Å². The van der Waals surface area contributed by atoms with Crippen molar-refractivity contribution in [3.8, 4) is 6.07 Å². The highest BCUT2D eigenvalue weighted by atomic mass is 16.4. The molecule has 1 aromatic rings. The maximum absolute atomic E-state index is 9.09. The molecule has 0 saturated heterocycles. The van der Waals surface area contributed by atoms with E-state index >= 15 is 0 Å². The lowest BCUT2D eigenvalue weighted by Gasteiger charge is -2.10. The van der Waals surface area contributed by atoms with Gasteiger partial charge in [-0.05, 0) is 29.9 Å². The van der Waals surface area contributed by atoms with Crippen molar-refractivity contribution in [1.82, 2.24) is 0 Å². The van der Waals surface area contributed by atoms with Crippen molar-refractivity contribution in [1.29, 1.82) is 5.26 Å². The van der Waals surface area contributed by atoms with Crippen molar-refractivity contribution in [2.45, 2.75) is 20.3 Å². The highest BCUT2D eigenvalue weighted by Gasteiger charge is 2.18. The SMILES string of the molecule is CCc1c(B(O)O)ccc(C)c1C#N. The van der Waals surface area contributed by atoms with E-state index in [0.29, 0.717) is 17.4 Å². The lowest BCUT2D eigenvalue weighted by atomic mass is 9.74. The van der Waals surface area contributed by atoms with Crippen LogP contribution in [0.3, 0.4) is 0 Å². The number of hydrogen-bond acceptors (Lipinski definition) is 3. The molecule has 72 valence electrons. The Hall–Kier alpha value is -1.31. The molecule has 0 amide bonds. The highest BCUT2D eigenvalue weighted by Crippen LogP contribution is 2.12. The third kappa shape index (κ3) is 1.79. The van der Waals surface area contributed by atoms with E-state index in [9.17, 15) is 0 Å². The van der Waals surface area contributed by atoms with Gasteiger partial charge in [-0.2, -0.15) is 5.26 Å². The van der Waals surface area contributed by atoms with Crippen LogP contribution in [0.15, 0.2) is 12.1 Å². The molecule has 0 spiro atoms. The molecule has 0 heterocycles. The molecule has 0 saturated carbocycles. The highest BCUT2D eigenvalue weighted by molar-refractivity contribution is 6.59. The molecule has 0 aliphatic heterocycles. The first-order chi connectivity index (χ1) is 6.61. The maximum Gasteiger partial charge on any atom is 0.488 e. The van der Waals surface area contributed by atoms with Gasteiger partial charge >= 0.3 is 7.12 Å². The van der Waals surface area contributed by atoms with Crippen molar-refractivity contribution in [2.75, 3.05) is 0 Å². The third-order valence-electron chi connectivity index (χ3n) is 2.30. The summed E-state index contributed by atoms with van der Waals surface area (Å²) >= 11 is 0. The van der Waals surface area contributed by atoms with Crippen LogP contribution in [0.25, 0.3) is 0 Å². The number of nitrogens with zero attached hydrogens (tertiary/aromatic N) is 1. The normalized spacial score (nSPS) is 9.64. The molecule has 1 rings (SSSR count). The van der Waals surface area contributed by atoms with Gasteiger partial charge in [0.05, 0.1) is 11.6 Å². The van der Waals surface area contributed by atoms with E-state index in [1.807, 2.05) is 13.8 Å². The Balaban J connectivity index is 3.42. The molecule has 0 unspecified atom stereocenters. The Morgan fingerprint density at radius 2 is 2.07 bits per heavy atom. The van der Waals surface area contributed by atoms with E-state index in [0.717, 1.165) is 11.1 Å². The molecular weight excluding hydrogens is 177 g/mol. The quantitative estimate of drug-likeness (QED) is 0.649. The summed E-state index contributed by atoms with van der Waals surface area (Å²) in [5.74, 6) is 0. The second kappa shape index (κ2) is 4.27. The van der Waals surface area contributed by atoms with E-state index in [4.69, 9.17) is 15.3 Å². The van der Waals surface area contributed by atoms with E-state index in [2.05, 4.69) is 6.07 Å². The number of benzene rings is 1. The van der Waals surface area contributed by atoms with Crippen LogP contribution in [-0.4, -0.2) is 17.2 Å². The Bertz CT molecular complexity index is 382. The zero-order valence-electron chi connectivity index (χ0n) is 8.28. The van der Waals surface area contributed by atoms with Gasteiger partial charge in [0.1, 0.15) is 0 Å². The predicted octanol–water partition coefficient (Wildman–Crippen LogP) is 0.109. The molecule has 0 atom stereocenters. The number of hydrogen-bond donors (Lipinski definition) is 2. The first-order valence-corrected chi connectivity index (χ1v) is 4.50. The van der Waals surface area contributed by atoms with Gasteiger partial charge in [-0.25, -0.2) is 0 Å². The van der Waals surface area contributed by atoms with Crippen LogP contribution in [0.2, 0.25) is 0 Å². The first kappa shape index (κ1) is 10.8. The molecule has 0 aromatic heterocycles. The first-order valence-electron chi connectivity index (χ1n) is 4.50. The predicted molar refractivity (Wildman–Crippen MR) is 55.1 cm³/mol. The van der Waals surface area contributed by atoms with Gasteiger partial charge < -0.3 is 10.0 Å². The lowest BCUT2D eigenvalue weighted by molar-refractivity contribution is 0.425. The van der Waals surface area contributed by atoms with Crippen LogP contribution in [0.1, 0.15) is 23.6 Å². The van der Waals surface area contributed by atoms with E-state index in [-0.39, 0.29) is 0 Å². The van der Waals surface area contributed by atoms with Crippen molar-refractivity contribution < 1.29 is 10.0 Å². The van der Waals surface area contributed by atoms with Crippen molar-refractivity contribution >= 4 is 12.6 Å². The van der Waals surface area contributed by atoms with Crippen LogP contribution < -0.4 is 5.46 Å². The molecule has 1 aromatic carbocycles. The summed E-state index contributed by atoms with van der Waals surface area (Å²) in [6, 6.07) is 5.47. The average molecular weight is 189 g/mol. The molecule has 3 nitrogen and oxygen atoms in total. The molecule has 0 radical (unpaired) electrons. The smallest absolute Gasteiger partial charge is 0.423 e. The topological polar surface area (TPSA) is 64.2 Å². The van der Waals surface area contributed by atoms with Crippen LogP contribution in [0.4, 0.5) is 0 Å². The van der Waals surface area contributed by atoms with Crippen molar-refractivity contribution in [3.05, 3.63) is 28.8 Å². The van der Waals surface area contributed by atoms with Crippen LogP contribution in [0.5, 0.6) is 0 Å². The summed E-state index contributed by atoms with van der Waals surface area (Å²) in [5, 5.41) is 27.1. The zero-order chi connectivity index (χ0) is 10.7. The molecule has 4 heteroatoms. The molecule has 0 aliphatic rings. The van der Waals surface area contributed by atoms with Gasteiger partial charge in [0.2, 0.25) is 0 Å². The minimum absolute atomic E-state index is 0.426. The Morgan fingerprint density at radius 1 is 1.43 bits per heavy atom. The fourth-order valence-electron chi connectivity index (χ4n) is 1.56. The molecule has 0 aliphatic carbocycles. The average Bonchev–Trinajstić information content (AvgIpc) is 2.16. The summed E-state index contributed by atoms with van der Waals surface area (Å²) in [6.07, 6.45) is 0.623. The summed E-state index contributed by atoms with van der Waals surface area (Å²) < 4.78 is 0. The number of rotatable bonds is 2. The van der Waals surface area contributed by atoms with Crippen molar-refractivity contribution in [3.63, 3.8) is 0 Å². The zero-order valence-corrected chi connectivity index (χ0v) is 8.28. The molecular formula is C10H12BNO2. The molecule has 0 fully saturated rings. The standard InChI is InChI=1S/C10H12BNO2/c1-3-8-9(6-12)7(2)4-5-10(8)11(13)14/h4-5,13-14H,3H2,1-2H3. The van der Waals surface area contributed by atoms with Gasteiger partial charge in [0.25, 0.3) is 0 Å². The van der Waals surface area contributed by atoms with Crippen LogP contribution >= 0.6 is 0 Å². The minimum atomic E-state index is -1.50. The number of aryl methyl sites for hydroxylation is 1. The second-order valence-electron chi connectivity index (χ2n) is 3.16. The van der Waals surface area contributed by atoms with Crippen LogP contribution in [-0.2, 0) is 6.42 Å². The monoisotopic (exact) mass is 189 g/mol. The maximum atomic E-state index is 9.09. The lowest BCUT2D eigenvalue weighted by Crippen LogP contribution is -2.33. The fourth-order valence-corrected chi connectivity index (χ4v) is 1.56. The summed E-state index contributed by atoms with van der Waals surface area (Å²) in [6.45, 7) is 3.73.